The fourth-order valence-electron chi connectivity index (χ4n) is 0.927. The van der Waals surface area contributed by atoms with E-state index in [1.165, 1.54) is 6.92 Å². The highest BCUT2D eigenvalue weighted by atomic mass is 32.2. The highest BCUT2D eigenvalue weighted by Gasteiger charge is 2.39. The lowest BCUT2D eigenvalue weighted by Crippen LogP contribution is -2.43. The third-order valence-electron chi connectivity index (χ3n) is 2.09. The lowest BCUT2D eigenvalue weighted by Gasteiger charge is -2.25. The van der Waals surface area contributed by atoms with E-state index in [4.69, 9.17) is 15.3 Å². The molecule has 0 aliphatic heterocycles. The average Bonchev–Trinajstić information content (AvgIpc) is 2.17. The van der Waals surface area contributed by atoms with Gasteiger partial charge in [-0.2, -0.15) is 8.42 Å². The summed E-state index contributed by atoms with van der Waals surface area (Å²) in [7, 11) is -4.02. The third kappa shape index (κ3) is 4.01. The van der Waals surface area contributed by atoms with Crippen molar-refractivity contribution in [1.82, 2.24) is 5.32 Å². The summed E-state index contributed by atoms with van der Waals surface area (Å²) in [6.07, 6.45) is 0.0619. The van der Waals surface area contributed by atoms with E-state index in [1.54, 1.807) is 0 Å². The molecule has 0 rings (SSSR count). The molecule has 0 spiro atoms. The van der Waals surface area contributed by atoms with E-state index in [1.807, 2.05) is 0 Å². The summed E-state index contributed by atoms with van der Waals surface area (Å²) in [6, 6.07) is 0. The molecule has 92 valence electrons. The molecule has 0 saturated carbocycles. The maximum absolute atomic E-state index is 11.4. The van der Waals surface area contributed by atoms with Crippen molar-refractivity contribution in [3.8, 4) is 0 Å². The van der Waals surface area contributed by atoms with Gasteiger partial charge in [-0.1, -0.05) is 0 Å². The van der Waals surface area contributed by atoms with Gasteiger partial charge in [-0.05, 0) is 19.9 Å². The van der Waals surface area contributed by atoms with Gasteiger partial charge < -0.3 is 15.3 Å². The Kier molecular flexibility index (Phi) is 6.25. The van der Waals surface area contributed by atoms with Crippen LogP contribution in [-0.4, -0.2) is 55.2 Å². The molecule has 0 saturated heterocycles. The summed E-state index contributed by atoms with van der Waals surface area (Å²) in [5.41, 5.74) is 0. The highest BCUT2D eigenvalue weighted by Crippen LogP contribution is 2.22. The molecule has 8 heteroatoms. The lowest BCUT2D eigenvalue weighted by molar-refractivity contribution is 0.0962. The highest BCUT2D eigenvalue weighted by molar-refractivity contribution is 7.88. The number of nitrogens with one attached hydrogen (secondary N) is 1. The van der Waals surface area contributed by atoms with Crippen molar-refractivity contribution < 1.29 is 27.9 Å². The topological polar surface area (TPSA) is 116 Å². The van der Waals surface area contributed by atoms with Gasteiger partial charge in [-0.15, -0.1) is 0 Å². The van der Waals surface area contributed by atoms with Gasteiger partial charge in [0.25, 0.3) is 10.1 Å². The zero-order chi connectivity index (χ0) is 11.9. The van der Waals surface area contributed by atoms with Crippen LogP contribution in [0.5, 0.6) is 0 Å². The Morgan fingerprint density at radius 2 is 1.93 bits per heavy atom. The van der Waals surface area contributed by atoms with Gasteiger partial charge in [-0.3, -0.25) is 5.32 Å². The van der Waals surface area contributed by atoms with Crippen LogP contribution < -0.4 is 5.32 Å². The molecule has 0 aliphatic rings. The molecule has 1 atom stereocenters. The molecule has 0 aliphatic carbocycles. The Bertz CT molecular complexity index is 267. The predicted molar refractivity (Wildman–Crippen MR) is 52.3 cm³/mol. The smallest absolute Gasteiger partial charge is 0.277 e. The van der Waals surface area contributed by atoms with Crippen molar-refractivity contribution in [3.05, 3.63) is 0 Å². The monoisotopic (exact) mass is 243 g/mol. The Labute approximate surface area is 88.8 Å². The number of hydrogen-bond donors (Lipinski definition) is 4. The number of hydrogen-bond acceptors (Lipinski definition) is 7. The van der Waals surface area contributed by atoms with Crippen molar-refractivity contribution in [2.24, 2.45) is 0 Å². The average molecular weight is 243 g/mol. The molecule has 0 radical (unpaired) electrons. The van der Waals surface area contributed by atoms with Gasteiger partial charge in [0, 0.05) is 0 Å². The van der Waals surface area contributed by atoms with Crippen LogP contribution >= 0.6 is 0 Å². The van der Waals surface area contributed by atoms with Crippen LogP contribution in [-0.2, 0) is 14.3 Å². The molecule has 0 fully saturated rings. The molecule has 0 heterocycles. The van der Waals surface area contributed by atoms with Crippen molar-refractivity contribution in [3.63, 3.8) is 0 Å². The Morgan fingerprint density at radius 1 is 1.33 bits per heavy atom. The van der Waals surface area contributed by atoms with Crippen molar-refractivity contribution in [2.45, 2.75) is 18.1 Å². The summed E-state index contributed by atoms with van der Waals surface area (Å²) in [6.45, 7) is -0.338. The van der Waals surface area contributed by atoms with Crippen molar-refractivity contribution in [1.29, 1.82) is 0 Å². The van der Waals surface area contributed by atoms with Gasteiger partial charge in [0.05, 0.1) is 13.3 Å². The standard InChI is InChI=1S/C7H17NO6S/c1-7(4-9,2-3-8-5-10)15(12,13)14-6-11/h8-11H,2-6H2,1H3. The minimum absolute atomic E-state index is 0.0619. The zero-order valence-corrected chi connectivity index (χ0v) is 9.33. The molecule has 15 heavy (non-hydrogen) atoms. The molecule has 0 bridgehead atoms. The quantitative estimate of drug-likeness (QED) is 0.220. The Hall–Kier alpha value is -0.250. The summed E-state index contributed by atoms with van der Waals surface area (Å²) in [5, 5.41) is 28.4. The molecule has 7 nitrogen and oxygen atoms in total. The van der Waals surface area contributed by atoms with Crippen LogP contribution in [0.1, 0.15) is 13.3 Å². The predicted octanol–water partition coefficient (Wildman–Crippen LogP) is -2.04. The van der Waals surface area contributed by atoms with Gasteiger partial charge >= 0.3 is 0 Å². The van der Waals surface area contributed by atoms with Gasteiger partial charge in [0.1, 0.15) is 4.75 Å². The minimum Gasteiger partial charge on any atom is -0.395 e. The van der Waals surface area contributed by atoms with E-state index in [0.717, 1.165) is 0 Å². The first-order valence-electron chi connectivity index (χ1n) is 4.36. The third-order valence-corrected chi connectivity index (χ3v) is 4.04. The normalized spacial score (nSPS) is 16.3. The van der Waals surface area contributed by atoms with E-state index in [9.17, 15) is 8.42 Å². The molecular weight excluding hydrogens is 226 g/mol. The first-order chi connectivity index (χ1) is 6.93. The second kappa shape index (κ2) is 6.36. The molecule has 1 unspecified atom stereocenters. The maximum atomic E-state index is 11.4. The molecule has 0 amide bonds. The van der Waals surface area contributed by atoms with E-state index in [0.29, 0.717) is 0 Å². The summed E-state index contributed by atoms with van der Waals surface area (Å²) < 4.78 is 25.6. The van der Waals surface area contributed by atoms with E-state index >= 15 is 0 Å². The first-order valence-corrected chi connectivity index (χ1v) is 5.76. The van der Waals surface area contributed by atoms with Gasteiger partial charge in [-0.25, -0.2) is 4.18 Å². The molecular formula is C7H17NO6S. The number of aliphatic hydroxyl groups is 3. The van der Waals surface area contributed by atoms with E-state index in [2.05, 4.69) is 9.50 Å². The van der Waals surface area contributed by atoms with Crippen LogP contribution in [0, 0.1) is 0 Å². The van der Waals surface area contributed by atoms with E-state index in [-0.39, 0.29) is 19.7 Å². The van der Waals surface area contributed by atoms with Gasteiger partial charge in [0.15, 0.2) is 6.79 Å². The fraction of sp³-hybridized carbons (Fsp3) is 1.00. The fourth-order valence-corrected chi connectivity index (χ4v) is 1.86. The number of rotatable bonds is 8. The molecule has 0 aromatic rings. The molecule has 0 aromatic carbocycles. The Morgan fingerprint density at radius 3 is 2.33 bits per heavy atom. The van der Waals surface area contributed by atoms with Crippen molar-refractivity contribution >= 4 is 10.1 Å². The van der Waals surface area contributed by atoms with E-state index < -0.39 is 28.3 Å². The molecule has 0 aromatic heterocycles. The second-order valence-electron chi connectivity index (χ2n) is 3.22. The van der Waals surface area contributed by atoms with Crippen LogP contribution in [0.4, 0.5) is 0 Å². The largest absolute Gasteiger partial charge is 0.395 e. The lowest BCUT2D eigenvalue weighted by atomic mass is 10.1. The molecule has 4 N–H and O–H groups in total. The summed E-state index contributed by atoms with van der Waals surface area (Å²) in [5.74, 6) is 0. The van der Waals surface area contributed by atoms with Crippen LogP contribution in [0.2, 0.25) is 0 Å². The van der Waals surface area contributed by atoms with Gasteiger partial charge in [0.2, 0.25) is 0 Å². The zero-order valence-electron chi connectivity index (χ0n) is 8.51. The SMILES string of the molecule is CC(CO)(CCNCO)S(=O)(=O)OCO. The second-order valence-corrected chi connectivity index (χ2v) is 5.35. The van der Waals surface area contributed by atoms with Crippen LogP contribution in [0.25, 0.3) is 0 Å². The summed E-state index contributed by atoms with van der Waals surface area (Å²) >= 11 is 0. The minimum atomic E-state index is -4.02. The first kappa shape index (κ1) is 14.8. The van der Waals surface area contributed by atoms with Crippen molar-refractivity contribution in [2.75, 3.05) is 26.7 Å². The number of aliphatic hydroxyl groups excluding tert-OH is 3. The summed E-state index contributed by atoms with van der Waals surface area (Å²) in [4.78, 5) is 0. The van der Waals surface area contributed by atoms with Crippen LogP contribution in [0.15, 0.2) is 0 Å². The Balaban J connectivity index is 4.54. The van der Waals surface area contributed by atoms with Crippen LogP contribution in [0.3, 0.4) is 0 Å². The maximum Gasteiger partial charge on any atom is 0.277 e.